The molecule has 6 N–H and O–H groups in total. The summed E-state index contributed by atoms with van der Waals surface area (Å²) in [4.78, 5) is 35.2. The average Bonchev–Trinajstić information content (AvgIpc) is 2.85. The highest BCUT2D eigenvalue weighted by Crippen LogP contribution is 2.40. The summed E-state index contributed by atoms with van der Waals surface area (Å²) in [6, 6.07) is 6.08. The number of ether oxygens (including phenoxy) is 4. The maximum absolute atomic E-state index is 12.6. The number of benzene rings is 2. The predicted molar refractivity (Wildman–Crippen MR) is 126 cm³/mol. The molecule has 2 aromatic rings. The molecule has 13 heteroatoms. The van der Waals surface area contributed by atoms with Crippen LogP contribution in [0.5, 0.6) is 28.7 Å². The lowest BCUT2D eigenvalue weighted by Crippen LogP contribution is -2.61. The van der Waals surface area contributed by atoms with Crippen LogP contribution in [0.4, 0.5) is 0 Å². The van der Waals surface area contributed by atoms with Gasteiger partial charge in [-0.25, -0.2) is 0 Å². The molecular formula is C25H26O13. The Balaban J connectivity index is 1.81. The molecule has 0 bridgehead atoms. The number of aromatic hydroxyl groups is 4. The molecule has 0 aromatic heterocycles. The van der Waals surface area contributed by atoms with Gasteiger partial charge in [-0.15, -0.1) is 0 Å². The van der Waals surface area contributed by atoms with Crippen molar-refractivity contribution in [1.82, 2.24) is 0 Å². The third-order valence-electron chi connectivity index (χ3n) is 5.44. The van der Waals surface area contributed by atoms with E-state index in [1.165, 1.54) is 24.3 Å². The number of allylic oxidation sites excluding steroid dienone is 1. The second-order valence-corrected chi connectivity index (χ2v) is 8.27. The fourth-order valence-corrected chi connectivity index (χ4v) is 3.55. The van der Waals surface area contributed by atoms with Gasteiger partial charge >= 0.3 is 11.9 Å². The first-order valence-corrected chi connectivity index (χ1v) is 11.2. The molecule has 0 spiro atoms. The number of aliphatic hydroxyl groups is 2. The van der Waals surface area contributed by atoms with Gasteiger partial charge in [0.2, 0.25) is 12.0 Å². The number of hydrogen-bond acceptors (Lipinski definition) is 13. The molecule has 0 amide bonds. The molecule has 13 nitrogen and oxygen atoms in total. The quantitative estimate of drug-likeness (QED) is 0.120. The van der Waals surface area contributed by atoms with E-state index < -0.39 is 78.0 Å². The Labute approximate surface area is 215 Å². The fraction of sp³-hybridized carbons (Fsp3) is 0.320. The number of phenolic OH excluding ortho intramolecular Hbond substituents is 4. The van der Waals surface area contributed by atoms with Gasteiger partial charge in [-0.1, -0.05) is 12.1 Å². The van der Waals surface area contributed by atoms with Crippen molar-refractivity contribution < 1.29 is 64.0 Å². The Hall–Kier alpha value is -4.33. The summed E-state index contributed by atoms with van der Waals surface area (Å²) in [5, 5.41) is 60.8. The zero-order chi connectivity index (χ0) is 28.1. The summed E-state index contributed by atoms with van der Waals surface area (Å²) in [5.41, 5.74) is 0.0498. The number of phenols is 4. The van der Waals surface area contributed by atoms with Crippen LogP contribution in [0, 0.1) is 0 Å². The maximum atomic E-state index is 12.6. The van der Waals surface area contributed by atoms with Crippen LogP contribution in [0.15, 0.2) is 36.4 Å². The fourth-order valence-electron chi connectivity index (χ4n) is 3.55. The molecule has 2 aromatic carbocycles. The smallest absolute Gasteiger partial charge is 0.303 e. The number of carbonyl (C=O) groups excluding carboxylic acids is 3. The summed E-state index contributed by atoms with van der Waals surface area (Å²) < 4.78 is 20.7. The molecule has 1 saturated heterocycles. The predicted octanol–water partition coefficient (Wildman–Crippen LogP) is 0.725. The number of aliphatic hydroxyl groups excluding tert-OH is 2. The van der Waals surface area contributed by atoms with Gasteiger partial charge in [-0.3, -0.25) is 14.4 Å². The molecule has 0 aliphatic carbocycles. The summed E-state index contributed by atoms with van der Waals surface area (Å²) >= 11 is 0. The van der Waals surface area contributed by atoms with Crippen molar-refractivity contribution in [2.45, 2.75) is 44.6 Å². The molecular weight excluding hydrogens is 508 g/mol. The molecule has 38 heavy (non-hydrogen) atoms. The van der Waals surface area contributed by atoms with E-state index in [0.717, 1.165) is 32.1 Å². The Morgan fingerprint density at radius 1 is 0.921 bits per heavy atom. The van der Waals surface area contributed by atoms with Crippen LogP contribution in [-0.4, -0.2) is 85.7 Å². The first-order valence-electron chi connectivity index (χ1n) is 11.2. The molecule has 0 radical (unpaired) electrons. The average molecular weight is 534 g/mol. The van der Waals surface area contributed by atoms with E-state index in [1.807, 2.05) is 0 Å². The Morgan fingerprint density at radius 3 is 2.26 bits per heavy atom. The normalized spacial score (nSPS) is 23.1. The van der Waals surface area contributed by atoms with Gasteiger partial charge < -0.3 is 49.6 Å². The zero-order valence-corrected chi connectivity index (χ0v) is 20.2. The van der Waals surface area contributed by atoms with Gasteiger partial charge in [0.15, 0.2) is 41.0 Å². The number of ketones is 1. The van der Waals surface area contributed by atoms with Crippen molar-refractivity contribution in [3.8, 4) is 28.7 Å². The van der Waals surface area contributed by atoms with Crippen LogP contribution in [0.3, 0.4) is 0 Å². The monoisotopic (exact) mass is 534 g/mol. The summed E-state index contributed by atoms with van der Waals surface area (Å²) in [6.45, 7) is 1.69. The first kappa shape index (κ1) is 28.2. The SMILES string of the molecule is CC(=O)OC[C@H]1O[C@@H](Oc2ccc(C(=O)/C=C/c3ccc(O)c(O)c3)c(O)c2O)[C@H](O)[C@@H](OC(C)=O)[C@@H]1O. The van der Waals surface area contributed by atoms with E-state index >= 15 is 0 Å². The molecule has 0 unspecified atom stereocenters. The van der Waals surface area contributed by atoms with Crippen LogP contribution < -0.4 is 4.74 Å². The zero-order valence-electron chi connectivity index (χ0n) is 20.2. The molecule has 204 valence electrons. The van der Waals surface area contributed by atoms with E-state index in [4.69, 9.17) is 18.9 Å². The van der Waals surface area contributed by atoms with Crippen molar-refractivity contribution in [1.29, 1.82) is 0 Å². The Bertz CT molecular complexity index is 1240. The Kier molecular flexibility index (Phi) is 8.78. The van der Waals surface area contributed by atoms with E-state index in [1.54, 1.807) is 0 Å². The Morgan fingerprint density at radius 2 is 1.63 bits per heavy atom. The van der Waals surface area contributed by atoms with E-state index in [2.05, 4.69) is 0 Å². The molecule has 3 rings (SSSR count). The largest absolute Gasteiger partial charge is 0.504 e. The summed E-state index contributed by atoms with van der Waals surface area (Å²) in [7, 11) is 0. The van der Waals surface area contributed by atoms with Crippen LogP contribution >= 0.6 is 0 Å². The molecule has 5 atom stereocenters. The highest BCUT2D eigenvalue weighted by atomic mass is 16.7. The van der Waals surface area contributed by atoms with Crippen molar-refractivity contribution in [3.05, 3.63) is 47.5 Å². The van der Waals surface area contributed by atoms with Gasteiger partial charge in [-0.2, -0.15) is 0 Å². The van der Waals surface area contributed by atoms with E-state index in [0.29, 0.717) is 5.56 Å². The summed E-state index contributed by atoms with van der Waals surface area (Å²) in [5.74, 6) is -5.16. The van der Waals surface area contributed by atoms with Crippen molar-refractivity contribution >= 4 is 23.8 Å². The second-order valence-electron chi connectivity index (χ2n) is 8.27. The van der Waals surface area contributed by atoms with Gasteiger partial charge in [0.05, 0.1) is 5.56 Å². The minimum absolute atomic E-state index is 0.319. The number of rotatable bonds is 8. The molecule has 1 aliphatic rings. The first-order chi connectivity index (χ1) is 17.9. The third-order valence-corrected chi connectivity index (χ3v) is 5.44. The maximum Gasteiger partial charge on any atom is 0.303 e. The molecule has 1 aliphatic heterocycles. The van der Waals surface area contributed by atoms with Crippen molar-refractivity contribution in [3.63, 3.8) is 0 Å². The lowest BCUT2D eigenvalue weighted by molar-refractivity contribution is -0.282. The number of hydrogen-bond donors (Lipinski definition) is 6. The van der Waals surface area contributed by atoms with Gasteiger partial charge in [0.25, 0.3) is 0 Å². The topological polar surface area (TPSA) is 210 Å². The van der Waals surface area contributed by atoms with Crippen LogP contribution in [-0.2, 0) is 23.8 Å². The van der Waals surface area contributed by atoms with Crippen LogP contribution in [0.2, 0.25) is 0 Å². The summed E-state index contributed by atoms with van der Waals surface area (Å²) in [6.07, 6.45) is -5.52. The van der Waals surface area contributed by atoms with Gasteiger partial charge in [0, 0.05) is 13.8 Å². The van der Waals surface area contributed by atoms with Gasteiger partial charge in [-0.05, 0) is 35.9 Å². The van der Waals surface area contributed by atoms with Gasteiger partial charge in [0.1, 0.15) is 18.8 Å². The van der Waals surface area contributed by atoms with Crippen molar-refractivity contribution in [2.75, 3.05) is 6.61 Å². The highest BCUT2D eigenvalue weighted by molar-refractivity contribution is 6.09. The molecule has 1 fully saturated rings. The van der Waals surface area contributed by atoms with Crippen molar-refractivity contribution in [2.24, 2.45) is 0 Å². The van der Waals surface area contributed by atoms with E-state index in [9.17, 15) is 45.0 Å². The molecule has 0 saturated carbocycles. The minimum atomic E-state index is -1.77. The van der Waals surface area contributed by atoms with Crippen LogP contribution in [0.1, 0.15) is 29.8 Å². The number of carbonyl (C=O) groups is 3. The van der Waals surface area contributed by atoms with Crippen LogP contribution in [0.25, 0.3) is 6.08 Å². The second kappa shape index (κ2) is 11.8. The minimum Gasteiger partial charge on any atom is -0.504 e. The molecule has 1 heterocycles. The lowest BCUT2D eigenvalue weighted by atomic mass is 9.99. The number of esters is 2. The highest BCUT2D eigenvalue weighted by Gasteiger charge is 2.48. The lowest BCUT2D eigenvalue weighted by Gasteiger charge is -2.41. The standard InChI is InChI=1S/C25H26O13/c1-11(26)35-10-19-22(33)24(36-12(2)27)23(34)25(38-19)37-18-8-5-14(20(31)21(18)32)15(28)6-3-13-4-7-16(29)17(30)9-13/h3-9,19,22-25,29-34H,10H2,1-2H3/b6-3+/t19-,22-,23-,24+,25-/m1/s1. The van der Waals surface area contributed by atoms with E-state index in [-0.39, 0.29) is 11.3 Å². The third kappa shape index (κ3) is 6.51.